The second-order valence-electron chi connectivity index (χ2n) is 4.74. The minimum atomic E-state index is -3.53. The van der Waals surface area contributed by atoms with Gasteiger partial charge in [0.2, 0.25) is 10.0 Å². The molecule has 0 aliphatic carbocycles. The smallest absolute Gasteiger partial charge is 0.250 e. The van der Waals surface area contributed by atoms with Crippen LogP contribution in [0.4, 0.5) is 0 Å². The first-order valence-electron chi connectivity index (χ1n) is 6.65. The number of aryl methyl sites for hydroxylation is 1. The Morgan fingerprint density at radius 2 is 2.13 bits per heavy atom. The van der Waals surface area contributed by atoms with Crippen LogP contribution in [0.2, 0.25) is 0 Å². The lowest BCUT2D eigenvalue weighted by molar-refractivity contribution is 0.581. The molecular weight excluding hydrogens is 400 g/mol. The van der Waals surface area contributed by atoms with E-state index in [1.807, 2.05) is 24.3 Å². The molecule has 0 aromatic carbocycles. The summed E-state index contributed by atoms with van der Waals surface area (Å²) >= 11 is 4.43. The number of pyridine rings is 1. The highest BCUT2D eigenvalue weighted by atomic mass is 79.9. The summed E-state index contributed by atoms with van der Waals surface area (Å²) in [6.45, 7) is 0.124. The first-order valence-corrected chi connectivity index (χ1v) is 9.74. The first kappa shape index (κ1) is 16.3. The number of thiophene rings is 1. The van der Waals surface area contributed by atoms with E-state index >= 15 is 0 Å². The topological polar surface area (TPSA) is 76.9 Å². The molecule has 3 rings (SSSR count). The van der Waals surface area contributed by atoms with Gasteiger partial charge < -0.3 is 0 Å². The highest BCUT2D eigenvalue weighted by Gasteiger charge is 2.17. The molecule has 0 aliphatic rings. The number of hydrogen-bond acceptors (Lipinski definition) is 5. The van der Waals surface area contributed by atoms with Gasteiger partial charge >= 0.3 is 0 Å². The van der Waals surface area contributed by atoms with Crippen molar-refractivity contribution in [3.8, 4) is 11.4 Å². The van der Waals surface area contributed by atoms with Gasteiger partial charge in [-0.15, -0.1) is 11.3 Å². The molecule has 3 aromatic heterocycles. The van der Waals surface area contributed by atoms with Gasteiger partial charge in [0.05, 0.1) is 27.4 Å². The van der Waals surface area contributed by atoms with Gasteiger partial charge in [-0.2, -0.15) is 5.10 Å². The summed E-state index contributed by atoms with van der Waals surface area (Å²) in [5.41, 5.74) is 2.25. The molecular formula is C14H13BrN4O2S2. The van der Waals surface area contributed by atoms with Gasteiger partial charge in [-0.25, -0.2) is 13.1 Å². The normalized spacial score (nSPS) is 11.7. The maximum atomic E-state index is 12.2. The largest absolute Gasteiger partial charge is 0.266 e. The van der Waals surface area contributed by atoms with Crippen molar-refractivity contribution in [3.05, 3.63) is 52.1 Å². The van der Waals surface area contributed by atoms with Crippen LogP contribution in [0.1, 0.15) is 5.69 Å². The first-order chi connectivity index (χ1) is 11.0. The zero-order valence-electron chi connectivity index (χ0n) is 12.1. The maximum Gasteiger partial charge on any atom is 0.250 e. The number of rotatable bonds is 5. The average molecular weight is 413 g/mol. The van der Waals surface area contributed by atoms with E-state index in [1.165, 1.54) is 11.3 Å². The highest BCUT2D eigenvalue weighted by molar-refractivity contribution is 9.11. The van der Waals surface area contributed by atoms with E-state index < -0.39 is 10.0 Å². The van der Waals surface area contributed by atoms with Crippen molar-refractivity contribution < 1.29 is 8.42 Å². The molecule has 0 bridgehead atoms. The van der Waals surface area contributed by atoms with Crippen LogP contribution in [-0.2, 0) is 23.6 Å². The fraction of sp³-hybridized carbons (Fsp3) is 0.143. The fourth-order valence-corrected chi connectivity index (χ4v) is 5.10. The van der Waals surface area contributed by atoms with Crippen LogP contribution in [0, 0.1) is 0 Å². The van der Waals surface area contributed by atoms with E-state index in [4.69, 9.17) is 0 Å². The van der Waals surface area contributed by atoms with E-state index in [0.717, 1.165) is 15.2 Å². The zero-order valence-corrected chi connectivity index (χ0v) is 15.3. The predicted molar refractivity (Wildman–Crippen MR) is 92.5 cm³/mol. The van der Waals surface area contributed by atoms with Crippen LogP contribution >= 0.6 is 27.3 Å². The van der Waals surface area contributed by atoms with E-state index in [2.05, 4.69) is 30.7 Å². The second kappa shape index (κ2) is 6.52. The Kier molecular flexibility index (Phi) is 4.62. The SMILES string of the molecule is Cn1nc(CNS(=O)(=O)c2ccc(Br)s2)cc1-c1ccccn1. The molecule has 0 atom stereocenters. The molecule has 6 nitrogen and oxygen atoms in total. The predicted octanol–water partition coefficient (Wildman–Crippen LogP) is 2.78. The van der Waals surface area contributed by atoms with Crippen molar-refractivity contribution in [1.29, 1.82) is 0 Å². The molecule has 0 aliphatic heterocycles. The van der Waals surface area contributed by atoms with Gasteiger partial charge in [-0.1, -0.05) is 6.07 Å². The summed E-state index contributed by atoms with van der Waals surface area (Å²) in [5, 5.41) is 4.33. The Labute approximate surface area is 146 Å². The van der Waals surface area contributed by atoms with Crippen LogP contribution in [0.3, 0.4) is 0 Å². The average Bonchev–Trinajstić information content (AvgIpc) is 3.13. The third-order valence-corrected chi connectivity index (χ3v) is 6.63. The minimum absolute atomic E-state index is 0.124. The molecule has 3 aromatic rings. The second-order valence-corrected chi connectivity index (χ2v) is 9.20. The van der Waals surface area contributed by atoms with Crippen molar-refractivity contribution in [2.24, 2.45) is 7.05 Å². The number of aromatic nitrogens is 3. The third-order valence-electron chi connectivity index (χ3n) is 3.11. The van der Waals surface area contributed by atoms with Crippen molar-refractivity contribution in [3.63, 3.8) is 0 Å². The molecule has 0 amide bonds. The fourth-order valence-electron chi connectivity index (χ4n) is 2.05. The van der Waals surface area contributed by atoms with Crippen LogP contribution in [0.25, 0.3) is 11.4 Å². The summed E-state index contributed by atoms with van der Waals surface area (Å²) in [5.74, 6) is 0. The van der Waals surface area contributed by atoms with Gasteiger partial charge in [0, 0.05) is 13.2 Å². The lowest BCUT2D eigenvalue weighted by Crippen LogP contribution is -2.22. The number of hydrogen-bond donors (Lipinski definition) is 1. The monoisotopic (exact) mass is 412 g/mol. The Morgan fingerprint density at radius 3 is 2.78 bits per heavy atom. The molecule has 1 N–H and O–H groups in total. The Hall–Kier alpha value is -1.55. The summed E-state index contributed by atoms with van der Waals surface area (Å²) in [6.07, 6.45) is 1.71. The molecule has 0 saturated heterocycles. The molecule has 0 unspecified atom stereocenters. The lowest BCUT2D eigenvalue weighted by Gasteiger charge is -2.01. The van der Waals surface area contributed by atoms with Gasteiger partial charge in [-0.3, -0.25) is 9.67 Å². The van der Waals surface area contributed by atoms with E-state index in [1.54, 1.807) is 30.1 Å². The van der Waals surface area contributed by atoms with Crippen molar-refractivity contribution >= 4 is 37.3 Å². The number of nitrogens with zero attached hydrogens (tertiary/aromatic N) is 3. The lowest BCUT2D eigenvalue weighted by atomic mass is 10.2. The van der Waals surface area contributed by atoms with Gasteiger partial charge in [-0.05, 0) is 46.3 Å². The van der Waals surface area contributed by atoms with Crippen LogP contribution < -0.4 is 4.72 Å². The summed E-state index contributed by atoms with van der Waals surface area (Å²) in [7, 11) is -1.73. The molecule has 0 radical (unpaired) electrons. The van der Waals surface area contributed by atoms with E-state index in [-0.39, 0.29) is 10.8 Å². The summed E-state index contributed by atoms with van der Waals surface area (Å²) < 4.78 is 29.7. The van der Waals surface area contributed by atoms with Crippen molar-refractivity contribution in [1.82, 2.24) is 19.5 Å². The molecule has 23 heavy (non-hydrogen) atoms. The van der Waals surface area contributed by atoms with Gasteiger partial charge in [0.15, 0.2) is 0 Å². The number of sulfonamides is 1. The van der Waals surface area contributed by atoms with Crippen LogP contribution in [0.5, 0.6) is 0 Å². The summed E-state index contributed by atoms with van der Waals surface area (Å²) in [6, 6.07) is 10.7. The molecule has 3 heterocycles. The molecule has 9 heteroatoms. The molecule has 0 saturated carbocycles. The van der Waals surface area contributed by atoms with Gasteiger partial charge in [0.1, 0.15) is 4.21 Å². The number of halogens is 1. The zero-order chi connectivity index (χ0) is 16.4. The van der Waals surface area contributed by atoms with Crippen LogP contribution in [0.15, 0.2) is 50.6 Å². The van der Waals surface area contributed by atoms with E-state index in [0.29, 0.717) is 5.69 Å². The molecule has 0 spiro atoms. The molecule has 120 valence electrons. The van der Waals surface area contributed by atoms with Crippen LogP contribution in [-0.4, -0.2) is 23.2 Å². The standard InChI is InChI=1S/C14H13BrN4O2S2/c1-19-12(11-4-2-3-7-16-11)8-10(18-19)9-17-23(20,21)14-6-5-13(15)22-14/h2-8,17H,9H2,1H3. The Balaban J connectivity index is 1.77. The highest BCUT2D eigenvalue weighted by Crippen LogP contribution is 2.26. The van der Waals surface area contributed by atoms with E-state index in [9.17, 15) is 8.42 Å². The Bertz CT molecular complexity index is 919. The quantitative estimate of drug-likeness (QED) is 0.698. The maximum absolute atomic E-state index is 12.2. The minimum Gasteiger partial charge on any atom is -0.266 e. The van der Waals surface area contributed by atoms with Crippen molar-refractivity contribution in [2.75, 3.05) is 0 Å². The van der Waals surface area contributed by atoms with Gasteiger partial charge in [0.25, 0.3) is 0 Å². The number of nitrogens with one attached hydrogen (secondary N) is 1. The Morgan fingerprint density at radius 1 is 1.30 bits per heavy atom. The summed E-state index contributed by atoms with van der Waals surface area (Å²) in [4.78, 5) is 4.28. The van der Waals surface area contributed by atoms with Crippen molar-refractivity contribution in [2.45, 2.75) is 10.8 Å². The third kappa shape index (κ3) is 3.69. The molecule has 0 fully saturated rings.